The number of hydrogen-bond acceptors (Lipinski definition) is 5. The summed E-state index contributed by atoms with van der Waals surface area (Å²) < 4.78 is 32.7. The molecule has 10 heteroatoms. The van der Waals surface area contributed by atoms with Crippen LogP contribution in [0, 0.1) is 5.92 Å². The summed E-state index contributed by atoms with van der Waals surface area (Å²) in [7, 11) is 0. The van der Waals surface area contributed by atoms with Gasteiger partial charge in [0.25, 0.3) is 11.8 Å². The molecule has 174 valence electrons. The van der Waals surface area contributed by atoms with Crippen molar-refractivity contribution in [3.63, 3.8) is 0 Å². The predicted molar refractivity (Wildman–Crippen MR) is 111 cm³/mol. The summed E-state index contributed by atoms with van der Waals surface area (Å²) in [6.45, 7) is 1.13. The Bertz CT molecular complexity index is 907. The maximum Gasteiger partial charge on any atom is 0.407 e. The molecule has 4 fully saturated rings. The molecule has 32 heavy (non-hydrogen) atoms. The maximum atomic E-state index is 13.5. The zero-order valence-corrected chi connectivity index (χ0v) is 17.9. The minimum absolute atomic E-state index is 0.206. The van der Waals surface area contributed by atoms with E-state index in [1.807, 2.05) is 4.90 Å². The molecule has 3 aliphatic heterocycles. The number of amides is 2. The summed E-state index contributed by atoms with van der Waals surface area (Å²) in [5.41, 5.74) is 0.394. The average molecular weight is 450 g/mol. The molecule has 5 rings (SSSR count). The number of hydrogen-bond donors (Lipinski definition) is 1. The number of piperidine rings is 1. The fraction of sp³-hybridized carbons (Fsp3) is 0.682. The molecular weight excluding hydrogens is 422 g/mol. The summed E-state index contributed by atoms with van der Waals surface area (Å²) in [5.74, 6) is -2.21. The molecule has 8 nitrogen and oxygen atoms in total. The van der Waals surface area contributed by atoms with Crippen LogP contribution in [0.15, 0.2) is 12.1 Å². The van der Waals surface area contributed by atoms with Gasteiger partial charge in [0, 0.05) is 25.2 Å². The first-order valence-electron chi connectivity index (χ1n) is 11.3. The van der Waals surface area contributed by atoms with E-state index in [0.29, 0.717) is 50.7 Å². The van der Waals surface area contributed by atoms with Crippen LogP contribution in [0.2, 0.25) is 0 Å². The van der Waals surface area contributed by atoms with Gasteiger partial charge in [-0.25, -0.2) is 18.6 Å². The molecule has 1 aromatic heterocycles. The zero-order chi connectivity index (χ0) is 22.5. The van der Waals surface area contributed by atoms with Gasteiger partial charge in [-0.2, -0.15) is 0 Å². The van der Waals surface area contributed by atoms with E-state index in [2.05, 4.69) is 4.98 Å². The zero-order valence-electron chi connectivity index (χ0n) is 17.9. The summed E-state index contributed by atoms with van der Waals surface area (Å²) in [6.07, 6.45) is 4.16. The van der Waals surface area contributed by atoms with E-state index in [4.69, 9.17) is 4.74 Å². The second-order valence-electron chi connectivity index (χ2n) is 9.54. The van der Waals surface area contributed by atoms with Crippen LogP contribution in [0.4, 0.5) is 19.3 Å². The van der Waals surface area contributed by atoms with Gasteiger partial charge >= 0.3 is 6.09 Å². The Morgan fingerprint density at radius 3 is 2.47 bits per heavy atom. The quantitative estimate of drug-likeness (QED) is 0.742. The molecule has 0 bridgehead atoms. The number of carbonyl (C=O) groups is 2. The third-order valence-electron chi connectivity index (χ3n) is 7.20. The second-order valence-corrected chi connectivity index (χ2v) is 9.54. The van der Waals surface area contributed by atoms with Crippen LogP contribution in [-0.2, 0) is 0 Å². The fourth-order valence-corrected chi connectivity index (χ4v) is 5.09. The number of alkyl halides is 2. The first kappa shape index (κ1) is 21.2. The van der Waals surface area contributed by atoms with Gasteiger partial charge in [0.05, 0.1) is 19.7 Å². The number of anilines is 1. The van der Waals surface area contributed by atoms with Crippen molar-refractivity contribution >= 4 is 17.7 Å². The van der Waals surface area contributed by atoms with Crippen LogP contribution in [0.25, 0.3) is 0 Å². The summed E-state index contributed by atoms with van der Waals surface area (Å²) in [5, 5.41) is 9.25. The van der Waals surface area contributed by atoms with Gasteiger partial charge in [-0.1, -0.05) is 0 Å². The van der Waals surface area contributed by atoms with Gasteiger partial charge in [-0.15, -0.1) is 0 Å². The molecule has 1 spiro atoms. The van der Waals surface area contributed by atoms with Crippen LogP contribution in [0.3, 0.4) is 0 Å². The topological polar surface area (TPSA) is 86.2 Å². The van der Waals surface area contributed by atoms with E-state index in [0.717, 1.165) is 25.7 Å². The lowest BCUT2D eigenvalue weighted by molar-refractivity contribution is -0.0265. The summed E-state index contributed by atoms with van der Waals surface area (Å²) in [4.78, 5) is 34.0. The fourth-order valence-electron chi connectivity index (χ4n) is 5.09. The Morgan fingerprint density at radius 2 is 1.84 bits per heavy atom. The Morgan fingerprint density at radius 1 is 1.12 bits per heavy atom. The van der Waals surface area contributed by atoms with Crippen LogP contribution >= 0.6 is 0 Å². The summed E-state index contributed by atoms with van der Waals surface area (Å²) >= 11 is 0. The molecule has 4 heterocycles. The van der Waals surface area contributed by atoms with E-state index in [1.54, 1.807) is 12.1 Å². The third-order valence-corrected chi connectivity index (χ3v) is 7.20. The highest BCUT2D eigenvalue weighted by molar-refractivity contribution is 5.93. The molecule has 1 saturated carbocycles. The van der Waals surface area contributed by atoms with E-state index < -0.39 is 12.0 Å². The minimum Gasteiger partial charge on any atom is -0.476 e. The van der Waals surface area contributed by atoms with Crippen LogP contribution in [0.1, 0.15) is 49.0 Å². The lowest BCUT2D eigenvalue weighted by atomic mass is 9.85. The average Bonchev–Trinajstić information content (AvgIpc) is 3.50. The number of rotatable bonds is 5. The monoisotopic (exact) mass is 450 g/mol. The molecule has 0 unspecified atom stereocenters. The lowest BCUT2D eigenvalue weighted by Gasteiger charge is -2.44. The van der Waals surface area contributed by atoms with Gasteiger partial charge in [0.2, 0.25) is 5.88 Å². The van der Waals surface area contributed by atoms with Crippen LogP contribution in [-0.4, -0.2) is 82.7 Å². The number of halogens is 2. The highest BCUT2D eigenvalue weighted by Crippen LogP contribution is 2.41. The molecule has 0 aromatic carbocycles. The van der Waals surface area contributed by atoms with Gasteiger partial charge in [0.1, 0.15) is 11.4 Å². The van der Waals surface area contributed by atoms with Gasteiger partial charge in [-0.3, -0.25) is 4.79 Å². The molecule has 1 aliphatic carbocycles. The maximum absolute atomic E-state index is 13.5. The number of pyridine rings is 1. The largest absolute Gasteiger partial charge is 0.476 e. The standard InChI is InChI=1S/C22H28F2N4O4/c23-22(24)13-27(14-22)17-5-4-16(25-18(17)32-12-15-2-3-15)19(29)28-9-1-6-21(28)7-10-26(11-8-21)20(30)31/h4-5,15H,1-3,6-14H2,(H,30,31). The highest BCUT2D eigenvalue weighted by atomic mass is 19.3. The molecule has 4 aliphatic rings. The van der Waals surface area contributed by atoms with Crippen molar-refractivity contribution in [2.45, 2.75) is 50.0 Å². The SMILES string of the molecule is O=C(O)N1CCC2(CCCN2C(=O)c2ccc(N3CC(F)(F)C3)c(OCC3CC3)n2)CC1. The Labute approximate surface area is 185 Å². The van der Waals surface area contributed by atoms with Crippen molar-refractivity contribution in [3.05, 3.63) is 17.8 Å². The third kappa shape index (κ3) is 3.95. The summed E-state index contributed by atoms with van der Waals surface area (Å²) in [6, 6.07) is 3.25. The highest BCUT2D eigenvalue weighted by Gasteiger charge is 2.47. The number of aromatic nitrogens is 1. The van der Waals surface area contributed by atoms with Crippen molar-refractivity contribution in [2.75, 3.05) is 44.2 Å². The molecule has 0 radical (unpaired) electrons. The lowest BCUT2D eigenvalue weighted by Crippen LogP contribution is -2.56. The van der Waals surface area contributed by atoms with Crippen molar-refractivity contribution in [2.24, 2.45) is 5.92 Å². The molecule has 3 saturated heterocycles. The number of nitrogens with zero attached hydrogens (tertiary/aromatic N) is 4. The molecule has 1 aromatic rings. The number of carboxylic acid groups (broad SMARTS) is 1. The normalized spacial score (nSPS) is 23.9. The predicted octanol–water partition coefficient (Wildman–Crippen LogP) is 3.07. The Balaban J connectivity index is 1.35. The molecule has 0 atom stereocenters. The van der Waals surface area contributed by atoms with E-state index in [9.17, 15) is 23.5 Å². The van der Waals surface area contributed by atoms with Crippen molar-refractivity contribution < 1.29 is 28.2 Å². The number of likely N-dealkylation sites (tertiary alicyclic amines) is 2. The Kier molecular flexibility index (Phi) is 5.13. The van der Waals surface area contributed by atoms with E-state index >= 15 is 0 Å². The first-order valence-corrected chi connectivity index (χ1v) is 11.3. The van der Waals surface area contributed by atoms with Gasteiger partial charge in [-0.05, 0) is 56.6 Å². The molecular formula is C22H28F2N4O4. The smallest absolute Gasteiger partial charge is 0.407 e. The van der Waals surface area contributed by atoms with Crippen LogP contribution < -0.4 is 9.64 Å². The van der Waals surface area contributed by atoms with Gasteiger partial charge in [0.15, 0.2) is 0 Å². The first-order chi connectivity index (χ1) is 15.3. The van der Waals surface area contributed by atoms with Crippen molar-refractivity contribution in [1.82, 2.24) is 14.8 Å². The minimum atomic E-state index is -2.71. The molecule has 1 N–H and O–H groups in total. The van der Waals surface area contributed by atoms with Crippen molar-refractivity contribution in [1.29, 1.82) is 0 Å². The van der Waals surface area contributed by atoms with Gasteiger partial charge < -0.3 is 24.5 Å². The number of carbonyl (C=O) groups excluding carboxylic acids is 1. The number of ether oxygens (including phenoxy) is 1. The van der Waals surface area contributed by atoms with E-state index in [-0.39, 0.29) is 36.1 Å². The van der Waals surface area contributed by atoms with Crippen LogP contribution in [0.5, 0.6) is 5.88 Å². The second kappa shape index (κ2) is 7.74. The van der Waals surface area contributed by atoms with Crippen molar-refractivity contribution in [3.8, 4) is 5.88 Å². The molecule has 2 amide bonds. The van der Waals surface area contributed by atoms with E-state index in [1.165, 1.54) is 9.80 Å². The Hall–Kier alpha value is -2.65.